The van der Waals surface area contributed by atoms with Crippen molar-refractivity contribution >= 4 is 17.3 Å². The van der Waals surface area contributed by atoms with E-state index in [9.17, 15) is 9.59 Å². The molecule has 0 fully saturated rings. The molecular weight excluding hydrogens is 240 g/mol. The van der Waals surface area contributed by atoms with Gasteiger partial charge in [-0.15, -0.1) is 0 Å². The molecule has 0 amide bonds. The van der Waals surface area contributed by atoms with Crippen molar-refractivity contribution in [3.8, 4) is 0 Å². The van der Waals surface area contributed by atoms with E-state index in [4.69, 9.17) is 4.74 Å². The normalized spacial score (nSPS) is 19.5. The number of benzene rings is 1. The quantitative estimate of drug-likeness (QED) is 0.783. The predicted molar refractivity (Wildman–Crippen MR) is 73.4 cm³/mol. The summed E-state index contributed by atoms with van der Waals surface area (Å²) in [6, 6.07) is 9.59. The molecule has 0 saturated carbocycles. The number of hydrogen-bond donors (Lipinski definition) is 0. The molecular formula is C16H18O3. The Labute approximate surface area is 113 Å². The van der Waals surface area contributed by atoms with Gasteiger partial charge in [0.2, 0.25) is 0 Å². The fourth-order valence-electron chi connectivity index (χ4n) is 2.38. The maximum atomic E-state index is 12.1. The summed E-state index contributed by atoms with van der Waals surface area (Å²) in [5.74, 6) is -0.466. The lowest BCUT2D eigenvalue weighted by atomic mass is 9.90. The van der Waals surface area contributed by atoms with Gasteiger partial charge in [-0.3, -0.25) is 9.59 Å². The molecule has 2 rings (SSSR count). The average Bonchev–Trinajstić information content (AvgIpc) is 2.62. The van der Waals surface area contributed by atoms with E-state index in [1.165, 1.54) is 0 Å². The molecule has 1 aromatic carbocycles. The zero-order valence-corrected chi connectivity index (χ0v) is 11.1. The number of rotatable bonds is 3. The molecule has 0 radical (unpaired) electrons. The zero-order chi connectivity index (χ0) is 13.7. The van der Waals surface area contributed by atoms with Crippen molar-refractivity contribution in [3.05, 3.63) is 42.0 Å². The minimum Gasteiger partial charge on any atom is -0.466 e. The van der Waals surface area contributed by atoms with Crippen LogP contribution in [0.2, 0.25) is 0 Å². The number of ketones is 1. The van der Waals surface area contributed by atoms with E-state index in [0.717, 1.165) is 17.6 Å². The number of hydrogen-bond acceptors (Lipinski definition) is 3. The van der Waals surface area contributed by atoms with Gasteiger partial charge in [0, 0.05) is 6.42 Å². The second-order valence-electron chi connectivity index (χ2n) is 4.63. The third kappa shape index (κ3) is 3.31. The number of carbonyl (C=O) groups is 2. The molecule has 1 aliphatic rings. The van der Waals surface area contributed by atoms with Crippen LogP contribution in [-0.2, 0) is 14.3 Å². The summed E-state index contributed by atoms with van der Waals surface area (Å²) in [5.41, 5.74) is 1.72. The molecule has 3 heteroatoms. The Balaban J connectivity index is 2.36. The van der Waals surface area contributed by atoms with E-state index in [1.54, 1.807) is 13.0 Å². The van der Waals surface area contributed by atoms with Crippen LogP contribution < -0.4 is 0 Å². The van der Waals surface area contributed by atoms with Crippen LogP contribution in [0.25, 0.3) is 5.57 Å². The van der Waals surface area contributed by atoms with Crippen molar-refractivity contribution in [1.82, 2.24) is 0 Å². The third-order valence-corrected chi connectivity index (χ3v) is 3.29. The molecule has 0 aliphatic heterocycles. The Bertz CT molecular complexity index is 488. The Morgan fingerprint density at radius 1 is 1.32 bits per heavy atom. The molecule has 100 valence electrons. The fraction of sp³-hybridized carbons (Fsp3) is 0.375. The second kappa shape index (κ2) is 6.32. The van der Waals surface area contributed by atoms with E-state index in [0.29, 0.717) is 19.4 Å². The topological polar surface area (TPSA) is 43.4 Å². The molecule has 1 atom stereocenters. The number of ether oxygens (including phenoxy) is 1. The van der Waals surface area contributed by atoms with Crippen molar-refractivity contribution in [1.29, 1.82) is 0 Å². The van der Waals surface area contributed by atoms with E-state index < -0.39 is 0 Å². The van der Waals surface area contributed by atoms with Crippen molar-refractivity contribution in [2.75, 3.05) is 6.61 Å². The molecule has 0 spiro atoms. The lowest BCUT2D eigenvalue weighted by Crippen LogP contribution is -2.19. The SMILES string of the molecule is CCOC(=O)C1CCCC(=O)C=C1c1ccccc1. The third-order valence-electron chi connectivity index (χ3n) is 3.29. The Morgan fingerprint density at radius 2 is 2.05 bits per heavy atom. The van der Waals surface area contributed by atoms with Gasteiger partial charge in [0.25, 0.3) is 0 Å². The summed E-state index contributed by atoms with van der Waals surface area (Å²) in [4.78, 5) is 23.8. The average molecular weight is 258 g/mol. The van der Waals surface area contributed by atoms with Gasteiger partial charge in [0.15, 0.2) is 5.78 Å². The molecule has 3 nitrogen and oxygen atoms in total. The van der Waals surface area contributed by atoms with Crippen LogP contribution >= 0.6 is 0 Å². The molecule has 0 aromatic heterocycles. The van der Waals surface area contributed by atoms with E-state index in [-0.39, 0.29) is 17.7 Å². The van der Waals surface area contributed by atoms with E-state index in [2.05, 4.69) is 0 Å². The summed E-state index contributed by atoms with van der Waals surface area (Å²) in [6.07, 6.45) is 3.52. The highest BCUT2D eigenvalue weighted by Gasteiger charge is 2.27. The maximum Gasteiger partial charge on any atom is 0.313 e. The van der Waals surface area contributed by atoms with Crippen molar-refractivity contribution in [2.45, 2.75) is 26.2 Å². The predicted octanol–water partition coefficient (Wildman–Crippen LogP) is 3.00. The summed E-state index contributed by atoms with van der Waals surface area (Å²) in [7, 11) is 0. The molecule has 0 bridgehead atoms. The van der Waals surface area contributed by atoms with Crippen LogP contribution in [0, 0.1) is 5.92 Å². The first-order chi connectivity index (χ1) is 9.22. The summed E-state index contributed by atoms with van der Waals surface area (Å²) >= 11 is 0. The van der Waals surface area contributed by atoms with Crippen molar-refractivity contribution in [3.63, 3.8) is 0 Å². The lowest BCUT2D eigenvalue weighted by Gasteiger charge is -2.17. The Hall–Kier alpha value is -1.90. The Morgan fingerprint density at radius 3 is 2.74 bits per heavy atom. The highest BCUT2D eigenvalue weighted by molar-refractivity contribution is 6.01. The standard InChI is InChI=1S/C16H18O3/c1-2-19-16(18)14-10-6-9-13(17)11-15(14)12-7-4-3-5-8-12/h3-5,7-8,11,14H,2,6,9-10H2,1H3. The monoisotopic (exact) mass is 258 g/mol. The van der Waals surface area contributed by atoms with Crippen LogP contribution in [0.15, 0.2) is 36.4 Å². The first-order valence-corrected chi connectivity index (χ1v) is 6.69. The molecule has 0 N–H and O–H groups in total. The smallest absolute Gasteiger partial charge is 0.313 e. The first-order valence-electron chi connectivity index (χ1n) is 6.69. The van der Waals surface area contributed by atoms with Crippen LogP contribution in [-0.4, -0.2) is 18.4 Å². The molecule has 19 heavy (non-hydrogen) atoms. The largest absolute Gasteiger partial charge is 0.466 e. The highest BCUT2D eigenvalue weighted by atomic mass is 16.5. The zero-order valence-electron chi connectivity index (χ0n) is 11.1. The van der Waals surface area contributed by atoms with Crippen molar-refractivity contribution in [2.24, 2.45) is 5.92 Å². The minimum absolute atomic E-state index is 0.0886. The van der Waals surface area contributed by atoms with Gasteiger partial charge in [-0.05, 0) is 37.0 Å². The molecule has 1 aliphatic carbocycles. The summed E-state index contributed by atoms with van der Waals surface area (Å²) in [5, 5.41) is 0. The van der Waals surface area contributed by atoms with Gasteiger partial charge in [-0.1, -0.05) is 30.3 Å². The lowest BCUT2D eigenvalue weighted by molar-refractivity contribution is -0.146. The van der Waals surface area contributed by atoms with Gasteiger partial charge in [0.1, 0.15) is 0 Å². The molecule has 1 unspecified atom stereocenters. The van der Waals surface area contributed by atoms with Gasteiger partial charge < -0.3 is 4.74 Å². The van der Waals surface area contributed by atoms with Crippen LogP contribution in [0.5, 0.6) is 0 Å². The summed E-state index contributed by atoms with van der Waals surface area (Å²) < 4.78 is 5.13. The number of carbonyl (C=O) groups excluding carboxylic acids is 2. The van der Waals surface area contributed by atoms with E-state index >= 15 is 0 Å². The maximum absolute atomic E-state index is 12.1. The second-order valence-corrected chi connectivity index (χ2v) is 4.63. The van der Waals surface area contributed by atoms with Crippen LogP contribution in [0.1, 0.15) is 31.7 Å². The molecule has 0 heterocycles. The van der Waals surface area contributed by atoms with Gasteiger partial charge in [-0.2, -0.15) is 0 Å². The first kappa shape index (κ1) is 13.5. The number of allylic oxidation sites excluding steroid dienone is 1. The summed E-state index contributed by atoms with van der Waals surface area (Å²) in [6.45, 7) is 2.16. The molecule has 1 aromatic rings. The van der Waals surface area contributed by atoms with Gasteiger partial charge in [0.05, 0.1) is 12.5 Å². The van der Waals surface area contributed by atoms with Gasteiger partial charge >= 0.3 is 5.97 Å². The van der Waals surface area contributed by atoms with Crippen LogP contribution in [0.4, 0.5) is 0 Å². The Kier molecular flexibility index (Phi) is 4.50. The minimum atomic E-state index is -0.325. The molecule has 0 saturated heterocycles. The van der Waals surface area contributed by atoms with Crippen molar-refractivity contribution < 1.29 is 14.3 Å². The number of esters is 1. The highest BCUT2D eigenvalue weighted by Crippen LogP contribution is 2.31. The van der Waals surface area contributed by atoms with Gasteiger partial charge in [-0.25, -0.2) is 0 Å². The van der Waals surface area contributed by atoms with E-state index in [1.807, 2.05) is 30.3 Å². The van der Waals surface area contributed by atoms with Crippen LogP contribution in [0.3, 0.4) is 0 Å². The fourth-order valence-corrected chi connectivity index (χ4v) is 2.38.